The van der Waals surface area contributed by atoms with Crippen LogP contribution in [0.4, 0.5) is 0 Å². The molecular formula is C9H19N5. The maximum atomic E-state index is 3.87. The average Bonchev–Trinajstić information content (AvgIpc) is 2.46. The average molecular weight is 197 g/mol. The summed E-state index contributed by atoms with van der Waals surface area (Å²) in [6.45, 7) is 4.02. The van der Waals surface area contributed by atoms with Crippen LogP contribution in [0, 0.1) is 0 Å². The van der Waals surface area contributed by atoms with E-state index in [2.05, 4.69) is 41.5 Å². The molecule has 0 bridgehead atoms. The van der Waals surface area contributed by atoms with Crippen molar-refractivity contribution in [2.24, 2.45) is 7.05 Å². The van der Waals surface area contributed by atoms with Gasteiger partial charge in [0.25, 0.3) is 0 Å². The summed E-state index contributed by atoms with van der Waals surface area (Å²) >= 11 is 0. The van der Waals surface area contributed by atoms with E-state index in [0.717, 1.165) is 18.8 Å². The number of aromatic nitrogens is 3. The highest BCUT2D eigenvalue weighted by Crippen LogP contribution is 1.94. The predicted octanol–water partition coefficient (Wildman–Crippen LogP) is -0.145. The normalized spacial score (nSPS) is 13.5. The molecule has 0 aliphatic rings. The number of nitrogens with zero attached hydrogens (tertiary/aromatic N) is 4. The van der Waals surface area contributed by atoms with Crippen molar-refractivity contribution < 1.29 is 0 Å². The van der Waals surface area contributed by atoms with Gasteiger partial charge < -0.3 is 10.2 Å². The summed E-state index contributed by atoms with van der Waals surface area (Å²) in [7, 11) is 6.05. The summed E-state index contributed by atoms with van der Waals surface area (Å²) in [4.78, 5) is 2.17. The molecule has 0 fully saturated rings. The van der Waals surface area contributed by atoms with E-state index < -0.39 is 0 Å². The largest absolute Gasteiger partial charge is 0.308 e. The molecule has 0 radical (unpaired) electrons. The van der Waals surface area contributed by atoms with E-state index in [4.69, 9.17) is 0 Å². The fraction of sp³-hybridized carbons (Fsp3) is 0.778. The van der Waals surface area contributed by atoms with Crippen molar-refractivity contribution in [1.82, 2.24) is 25.2 Å². The van der Waals surface area contributed by atoms with Crippen molar-refractivity contribution >= 4 is 0 Å². The van der Waals surface area contributed by atoms with E-state index in [9.17, 15) is 0 Å². The standard InChI is InChI=1S/C9H19N5/c1-8(7-13(2)3)10-5-9-6-11-12-14(9)4/h6,8,10H,5,7H2,1-4H3. The Bertz CT molecular complexity index is 268. The predicted molar refractivity (Wildman–Crippen MR) is 55.9 cm³/mol. The lowest BCUT2D eigenvalue weighted by Crippen LogP contribution is -2.35. The van der Waals surface area contributed by atoms with Crippen LogP contribution in [0.3, 0.4) is 0 Å². The van der Waals surface area contributed by atoms with Crippen LogP contribution in [0.15, 0.2) is 6.20 Å². The van der Waals surface area contributed by atoms with Gasteiger partial charge in [-0.2, -0.15) is 0 Å². The van der Waals surface area contributed by atoms with E-state index in [1.165, 1.54) is 0 Å². The summed E-state index contributed by atoms with van der Waals surface area (Å²) in [5, 5.41) is 11.1. The number of hydrogen-bond donors (Lipinski definition) is 1. The third kappa shape index (κ3) is 3.43. The van der Waals surface area contributed by atoms with E-state index >= 15 is 0 Å². The van der Waals surface area contributed by atoms with Crippen molar-refractivity contribution in [2.45, 2.75) is 19.5 Å². The Morgan fingerprint density at radius 1 is 1.57 bits per heavy atom. The van der Waals surface area contributed by atoms with Gasteiger partial charge in [0.05, 0.1) is 11.9 Å². The third-order valence-electron chi connectivity index (χ3n) is 2.08. The molecule has 5 heteroatoms. The SMILES string of the molecule is CC(CN(C)C)NCc1cnnn1C. The van der Waals surface area contributed by atoms with Crippen molar-refractivity contribution in [3.8, 4) is 0 Å². The molecule has 1 aromatic rings. The van der Waals surface area contributed by atoms with Gasteiger partial charge >= 0.3 is 0 Å². The van der Waals surface area contributed by atoms with Crippen molar-refractivity contribution in [1.29, 1.82) is 0 Å². The van der Waals surface area contributed by atoms with E-state index in [0.29, 0.717) is 6.04 Å². The first-order chi connectivity index (χ1) is 6.59. The van der Waals surface area contributed by atoms with E-state index in [-0.39, 0.29) is 0 Å². The maximum absolute atomic E-state index is 3.87. The van der Waals surface area contributed by atoms with E-state index in [1.54, 1.807) is 10.9 Å². The van der Waals surface area contributed by atoms with E-state index in [1.807, 2.05) is 7.05 Å². The number of aryl methyl sites for hydroxylation is 1. The van der Waals surface area contributed by atoms with Crippen LogP contribution in [0.1, 0.15) is 12.6 Å². The Morgan fingerprint density at radius 3 is 2.79 bits per heavy atom. The summed E-state index contributed by atoms with van der Waals surface area (Å²) in [6, 6.07) is 0.472. The first-order valence-corrected chi connectivity index (χ1v) is 4.81. The van der Waals surface area contributed by atoms with Gasteiger partial charge in [-0.05, 0) is 21.0 Å². The van der Waals surface area contributed by atoms with Gasteiger partial charge in [-0.15, -0.1) is 5.10 Å². The second kappa shape index (κ2) is 5.07. The Balaban J connectivity index is 2.30. The zero-order chi connectivity index (χ0) is 10.6. The molecule has 0 aromatic carbocycles. The van der Waals surface area contributed by atoms with Crippen molar-refractivity contribution in [2.75, 3.05) is 20.6 Å². The highest BCUT2D eigenvalue weighted by molar-refractivity contribution is 4.92. The molecule has 0 aliphatic heterocycles. The molecular weight excluding hydrogens is 178 g/mol. The Hall–Kier alpha value is -0.940. The van der Waals surface area contributed by atoms with Gasteiger partial charge in [0.2, 0.25) is 0 Å². The summed E-state index contributed by atoms with van der Waals surface area (Å²) < 4.78 is 1.79. The lowest BCUT2D eigenvalue weighted by Gasteiger charge is -2.17. The second-order valence-electron chi connectivity index (χ2n) is 3.89. The van der Waals surface area contributed by atoms with Crippen LogP contribution >= 0.6 is 0 Å². The number of likely N-dealkylation sites (N-methyl/N-ethyl adjacent to an activating group) is 1. The third-order valence-corrected chi connectivity index (χ3v) is 2.08. The first kappa shape index (κ1) is 11.1. The topological polar surface area (TPSA) is 46.0 Å². The van der Waals surface area contributed by atoms with Crippen molar-refractivity contribution in [3.63, 3.8) is 0 Å². The second-order valence-corrected chi connectivity index (χ2v) is 3.89. The molecule has 1 N–H and O–H groups in total. The monoisotopic (exact) mass is 197 g/mol. The summed E-state index contributed by atoms with van der Waals surface area (Å²) in [5.41, 5.74) is 1.11. The van der Waals surface area contributed by atoms with Gasteiger partial charge in [0, 0.05) is 26.2 Å². The number of rotatable bonds is 5. The molecule has 0 amide bonds. The molecule has 1 unspecified atom stereocenters. The molecule has 80 valence electrons. The zero-order valence-corrected chi connectivity index (χ0v) is 9.36. The molecule has 1 heterocycles. The fourth-order valence-electron chi connectivity index (χ4n) is 1.36. The lowest BCUT2D eigenvalue weighted by atomic mass is 10.3. The molecule has 0 saturated heterocycles. The molecule has 5 nitrogen and oxygen atoms in total. The minimum absolute atomic E-state index is 0.472. The number of hydrogen-bond acceptors (Lipinski definition) is 4. The highest BCUT2D eigenvalue weighted by Gasteiger charge is 2.04. The fourth-order valence-corrected chi connectivity index (χ4v) is 1.36. The minimum atomic E-state index is 0.472. The van der Waals surface area contributed by atoms with Crippen LogP contribution < -0.4 is 5.32 Å². The lowest BCUT2D eigenvalue weighted by molar-refractivity contribution is 0.347. The maximum Gasteiger partial charge on any atom is 0.0738 e. The van der Waals surface area contributed by atoms with Crippen LogP contribution in [0.5, 0.6) is 0 Å². The quantitative estimate of drug-likeness (QED) is 0.713. The van der Waals surface area contributed by atoms with Crippen molar-refractivity contribution in [3.05, 3.63) is 11.9 Å². The van der Waals surface area contributed by atoms with Crippen LogP contribution in [-0.2, 0) is 13.6 Å². The Morgan fingerprint density at radius 2 is 2.29 bits per heavy atom. The molecule has 1 atom stereocenters. The molecule has 1 rings (SSSR count). The molecule has 0 saturated carbocycles. The Kier molecular flexibility index (Phi) is 4.03. The smallest absolute Gasteiger partial charge is 0.0738 e. The minimum Gasteiger partial charge on any atom is -0.308 e. The zero-order valence-electron chi connectivity index (χ0n) is 9.36. The van der Waals surface area contributed by atoms with Gasteiger partial charge in [0.1, 0.15) is 0 Å². The molecule has 0 aliphatic carbocycles. The van der Waals surface area contributed by atoms with Crippen LogP contribution in [-0.4, -0.2) is 46.6 Å². The van der Waals surface area contributed by atoms with Gasteiger partial charge in [0.15, 0.2) is 0 Å². The molecule has 1 aromatic heterocycles. The van der Waals surface area contributed by atoms with Crippen LogP contribution in [0.2, 0.25) is 0 Å². The first-order valence-electron chi connectivity index (χ1n) is 4.81. The van der Waals surface area contributed by atoms with Crippen LogP contribution in [0.25, 0.3) is 0 Å². The number of nitrogens with one attached hydrogen (secondary N) is 1. The summed E-state index contributed by atoms with van der Waals surface area (Å²) in [6.07, 6.45) is 1.79. The van der Waals surface area contributed by atoms with Gasteiger partial charge in [-0.25, -0.2) is 0 Å². The summed E-state index contributed by atoms with van der Waals surface area (Å²) in [5.74, 6) is 0. The Labute approximate surface area is 85.1 Å². The highest BCUT2D eigenvalue weighted by atomic mass is 15.4. The molecule has 14 heavy (non-hydrogen) atoms. The molecule has 0 spiro atoms. The van der Waals surface area contributed by atoms with Gasteiger partial charge in [-0.1, -0.05) is 5.21 Å². The van der Waals surface area contributed by atoms with Gasteiger partial charge in [-0.3, -0.25) is 4.68 Å².